The van der Waals surface area contributed by atoms with Gasteiger partial charge in [-0.1, -0.05) is 17.7 Å². The summed E-state index contributed by atoms with van der Waals surface area (Å²) in [6.07, 6.45) is 2.87. The molecule has 0 unspecified atom stereocenters. The highest BCUT2D eigenvalue weighted by molar-refractivity contribution is 6.04. The van der Waals surface area contributed by atoms with E-state index in [2.05, 4.69) is 32.8 Å². The number of nitrogens with one attached hydrogen (secondary N) is 3. The first-order chi connectivity index (χ1) is 14.5. The van der Waals surface area contributed by atoms with Crippen LogP contribution in [0.2, 0.25) is 0 Å². The van der Waals surface area contributed by atoms with Gasteiger partial charge in [0.1, 0.15) is 23.7 Å². The molecule has 0 fully saturated rings. The number of carbonyl (C=O) groups excluding carboxylic acids is 1. The molecule has 0 atom stereocenters. The van der Waals surface area contributed by atoms with Gasteiger partial charge in [-0.25, -0.2) is 9.97 Å². The van der Waals surface area contributed by atoms with Gasteiger partial charge in [0.05, 0.1) is 11.8 Å². The van der Waals surface area contributed by atoms with E-state index in [0.717, 1.165) is 11.4 Å². The molecule has 4 aromatic rings. The molecule has 0 aliphatic rings. The lowest BCUT2D eigenvalue weighted by atomic mass is 10.2. The molecule has 0 saturated carbocycles. The molecule has 4 rings (SSSR count). The van der Waals surface area contributed by atoms with Gasteiger partial charge < -0.3 is 20.4 Å². The molecule has 0 aliphatic heterocycles. The number of amides is 1. The lowest BCUT2D eigenvalue weighted by Gasteiger charge is -2.11. The fraction of sp³-hybridized carbons (Fsp3) is 0.0870. The topological polar surface area (TPSA) is 92.1 Å². The number of furan rings is 1. The molecule has 30 heavy (non-hydrogen) atoms. The third-order valence-corrected chi connectivity index (χ3v) is 4.36. The van der Waals surface area contributed by atoms with Crippen molar-refractivity contribution in [2.24, 2.45) is 0 Å². The molecule has 1 amide bonds. The maximum atomic E-state index is 12.1. The summed E-state index contributed by atoms with van der Waals surface area (Å²) in [6, 6.07) is 19.0. The van der Waals surface area contributed by atoms with E-state index in [9.17, 15) is 4.79 Å². The maximum Gasteiger partial charge on any atom is 0.258 e. The van der Waals surface area contributed by atoms with Crippen LogP contribution in [0.1, 0.15) is 21.7 Å². The second-order valence-corrected chi connectivity index (χ2v) is 6.85. The Morgan fingerprint density at radius 3 is 1.93 bits per heavy atom. The van der Waals surface area contributed by atoms with E-state index in [1.54, 1.807) is 6.07 Å². The molecule has 0 radical (unpaired) electrons. The third kappa shape index (κ3) is 4.82. The second kappa shape index (κ2) is 8.48. The number of benzene rings is 2. The molecule has 7 heteroatoms. The Labute approximate surface area is 174 Å². The summed E-state index contributed by atoms with van der Waals surface area (Å²) >= 11 is 0. The minimum absolute atomic E-state index is 0.220. The van der Waals surface area contributed by atoms with E-state index >= 15 is 0 Å². The standard InChI is InChI=1S/C23H21N5O2/c1-15-3-5-18(6-4-15)26-21-13-22(25-16(2)24-21)27-19-7-9-20(10-8-19)28-23(29)17-11-12-30-14-17/h3-14H,1-2H3,(H,28,29)(H2,24,25,26,27). The van der Waals surface area contributed by atoms with Crippen molar-refractivity contribution in [1.82, 2.24) is 9.97 Å². The average Bonchev–Trinajstić information content (AvgIpc) is 3.26. The largest absolute Gasteiger partial charge is 0.472 e. The maximum absolute atomic E-state index is 12.1. The lowest BCUT2D eigenvalue weighted by molar-refractivity contribution is 0.102. The van der Waals surface area contributed by atoms with Crippen LogP contribution in [-0.2, 0) is 0 Å². The van der Waals surface area contributed by atoms with Gasteiger partial charge in [0, 0.05) is 23.1 Å². The van der Waals surface area contributed by atoms with E-state index in [1.165, 1.54) is 18.1 Å². The van der Waals surface area contributed by atoms with Crippen molar-refractivity contribution in [3.63, 3.8) is 0 Å². The van der Waals surface area contributed by atoms with Crippen molar-refractivity contribution in [3.05, 3.63) is 90.1 Å². The molecule has 0 bridgehead atoms. The minimum atomic E-state index is -0.220. The molecule has 7 nitrogen and oxygen atoms in total. The summed E-state index contributed by atoms with van der Waals surface area (Å²) < 4.78 is 4.93. The number of hydrogen-bond donors (Lipinski definition) is 3. The van der Waals surface area contributed by atoms with Crippen molar-refractivity contribution >= 4 is 34.6 Å². The van der Waals surface area contributed by atoms with Gasteiger partial charge in [0.25, 0.3) is 5.91 Å². The van der Waals surface area contributed by atoms with E-state index in [4.69, 9.17) is 4.42 Å². The number of hydrogen-bond acceptors (Lipinski definition) is 6. The van der Waals surface area contributed by atoms with Crippen molar-refractivity contribution in [1.29, 1.82) is 0 Å². The minimum Gasteiger partial charge on any atom is -0.472 e. The molecule has 0 spiro atoms. The first-order valence-corrected chi connectivity index (χ1v) is 9.45. The van der Waals surface area contributed by atoms with Crippen LogP contribution < -0.4 is 16.0 Å². The molecule has 2 aromatic heterocycles. The highest BCUT2D eigenvalue weighted by Gasteiger charge is 2.08. The fourth-order valence-electron chi connectivity index (χ4n) is 2.86. The smallest absolute Gasteiger partial charge is 0.258 e. The summed E-state index contributed by atoms with van der Waals surface area (Å²) in [5, 5.41) is 9.39. The van der Waals surface area contributed by atoms with Crippen molar-refractivity contribution in [3.8, 4) is 0 Å². The Kier molecular flexibility index (Phi) is 5.43. The van der Waals surface area contributed by atoms with Crippen LogP contribution in [0, 0.1) is 13.8 Å². The predicted molar refractivity (Wildman–Crippen MR) is 118 cm³/mol. The number of nitrogens with zero attached hydrogens (tertiary/aromatic N) is 2. The molecule has 0 aliphatic carbocycles. The van der Waals surface area contributed by atoms with Crippen LogP contribution >= 0.6 is 0 Å². The van der Waals surface area contributed by atoms with Crippen LogP contribution in [-0.4, -0.2) is 15.9 Å². The van der Waals surface area contributed by atoms with Gasteiger partial charge in [0.2, 0.25) is 0 Å². The number of anilines is 5. The van der Waals surface area contributed by atoms with Gasteiger partial charge in [-0.3, -0.25) is 4.79 Å². The quantitative estimate of drug-likeness (QED) is 0.401. The highest BCUT2D eigenvalue weighted by atomic mass is 16.3. The Morgan fingerprint density at radius 2 is 1.37 bits per heavy atom. The summed E-state index contributed by atoms with van der Waals surface area (Å²) in [5.74, 6) is 1.81. The molecule has 0 saturated heterocycles. The highest BCUT2D eigenvalue weighted by Crippen LogP contribution is 2.22. The van der Waals surface area contributed by atoms with Crippen molar-refractivity contribution < 1.29 is 9.21 Å². The Balaban J connectivity index is 1.44. The number of aryl methyl sites for hydroxylation is 2. The van der Waals surface area contributed by atoms with Crippen molar-refractivity contribution in [2.45, 2.75) is 13.8 Å². The summed E-state index contributed by atoms with van der Waals surface area (Å²) in [5.41, 5.74) is 4.17. The molecule has 3 N–H and O–H groups in total. The van der Waals surface area contributed by atoms with Crippen LogP contribution in [0.25, 0.3) is 0 Å². The van der Waals surface area contributed by atoms with Crippen LogP contribution in [0.3, 0.4) is 0 Å². The predicted octanol–water partition coefficient (Wildman–Crippen LogP) is 5.43. The average molecular weight is 399 g/mol. The van der Waals surface area contributed by atoms with E-state index in [0.29, 0.717) is 28.7 Å². The number of carbonyl (C=O) groups is 1. The van der Waals surface area contributed by atoms with Crippen molar-refractivity contribution in [2.75, 3.05) is 16.0 Å². The van der Waals surface area contributed by atoms with Crippen LogP contribution in [0.5, 0.6) is 0 Å². The second-order valence-electron chi connectivity index (χ2n) is 6.85. The Bertz CT molecular complexity index is 1140. The van der Waals surface area contributed by atoms with Gasteiger partial charge in [-0.05, 0) is 56.3 Å². The van der Waals surface area contributed by atoms with E-state index in [1.807, 2.05) is 61.5 Å². The number of rotatable bonds is 6. The van der Waals surface area contributed by atoms with Gasteiger partial charge in [-0.2, -0.15) is 0 Å². The van der Waals surface area contributed by atoms with E-state index in [-0.39, 0.29) is 5.91 Å². The Morgan fingerprint density at radius 1 is 0.800 bits per heavy atom. The zero-order valence-electron chi connectivity index (χ0n) is 16.6. The zero-order chi connectivity index (χ0) is 20.9. The molecule has 150 valence electrons. The molecular formula is C23H21N5O2. The lowest BCUT2D eigenvalue weighted by Crippen LogP contribution is -2.10. The molecular weight excluding hydrogens is 378 g/mol. The first-order valence-electron chi connectivity index (χ1n) is 9.45. The number of aromatic nitrogens is 2. The molecule has 2 aromatic carbocycles. The Hall–Kier alpha value is -4.13. The van der Waals surface area contributed by atoms with Crippen LogP contribution in [0.15, 0.2) is 77.6 Å². The SMILES string of the molecule is Cc1ccc(Nc2cc(Nc3ccc(NC(=O)c4ccoc4)cc3)nc(C)n2)cc1. The fourth-order valence-corrected chi connectivity index (χ4v) is 2.86. The van der Waals surface area contributed by atoms with Gasteiger partial charge in [-0.15, -0.1) is 0 Å². The summed E-state index contributed by atoms with van der Waals surface area (Å²) in [7, 11) is 0. The summed E-state index contributed by atoms with van der Waals surface area (Å²) in [6.45, 7) is 3.90. The normalized spacial score (nSPS) is 10.5. The third-order valence-electron chi connectivity index (χ3n) is 4.36. The first kappa shape index (κ1) is 19.2. The van der Waals surface area contributed by atoms with Gasteiger partial charge in [0.15, 0.2) is 0 Å². The van der Waals surface area contributed by atoms with E-state index < -0.39 is 0 Å². The van der Waals surface area contributed by atoms with Crippen LogP contribution in [0.4, 0.5) is 28.7 Å². The summed E-state index contributed by atoms with van der Waals surface area (Å²) in [4.78, 5) is 21.0. The van der Waals surface area contributed by atoms with Gasteiger partial charge >= 0.3 is 0 Å². The zero-order valence-corrected chi connectivity index (χ0v) is 16.6. The molecule has 2 heterocycles. The monoisotopic (exact) mass is 399 g/mol.